The number of aliphatic hydroxyl groups is 1. The van der Waals surface area contributed by atoms with Crippen molar-refractivity contribution in [3.63, 3.8) is 0 Å². The number of hydrazine groups is 1. The first-order valence-corrected chi connectivity index (χ1v) is 17.3. The van der Waals surface area contributed by atoms with Crippen LogP contribution in [0.5, 0.6) is 5.75 Å². The number of hydrogen-bond acceptors (Lipinski definition) is 10. The largest absolute Gasteiger partial charge is 0.495 e. The van der Waals surface area contributed by atoms with Crippen LogP contribution in [0.15, 0.2) is 48.5 Å². The smallest absolute Gasteiger partial charge is 0.306 e. The number of aliphatic hydroxyl groups excluding tert-OH is 1. The molecule has 5 rings (SSSR count). The SMILES string of the molecule is COC(=O)C[C@H](C(=O)NN(Cc1ccccc1)C[C@@H](O)[C@@H](CC(=O)OC1C2COC3OCC1C3C2)Cc1ccc(OC)c(Cl)c1)C(C)(C)C. The van der Waals surface area contributed by atoms with Crippen LogP contribution in [0, 0.1) is 35.0 Å². The van der Waals surface area contributed by atoms with Gasteiger partial charge in [-0.3, -0.25) is 19.8 Å². The Kier molecular flexibility index (Phi) is 12.3. The molecule has 2 saturated heterocycles. The molecule has 49 heavy (non-hydrogen) atoms. The van der Waals surface area contributed by atoms with Crippen LogP contribution in [0.3, 0.4) is 0 Å². The molecular formula is C37H49ClN2O9. The minimum absolute atomic E-state index is 0.00231. The number of ether oxygens (including phenoxy) is 5. The second-order valence-corrected chi connectivity index (χ2v) is 15.0. The number of nitrogens with zero attached hydrogens (tertiary/aromatic N) is 1. The van der Waals surface area contributed by atoms with Gasteiger partial charge in [0.15, 0.2) is 6.29 Å². The highest BCUT2D eigenvalue weighted by Gasteiger charge is 2.56. The highest BCUT2D eigenvalue weighted by molar-refractivity contribution is 6.32. The molecule has 5 unspecified atom stereocenters. The van der Waals surface area contributed by atoms with Gasteiger partial charge in [-0.25, -0.2) is 5.01 Å². The third-order valence-electron chi connectivity index (χ3n) is 10.1. The third-order valence-corrected chi connectivity index (χ3v) is 10.4. The van der Waals surface area contributed by atoms with Crippen LogP contribution in [0.1, 0.15) is 51.2 Å². The standard InChI is InChI=1S/C37H49ClN2O9/c1-37(2,3)28(17-32(42)46-5)35(44)39-40(18-22-9-7-6-8-10-22)19-30(41)24(13-23-11-12-31(45-4)29(38)14-23)16-33(43)49-34-25-15-26-27(34)21-48-36(26)47-20-25/h6-12,14,24-28,30,34,36,41H,13,15-21H2,1-5H3,(H,39,44)/t24-,25?,26?,27?,28-,30-,34?,36?/m1/s1. The van der Waals surface area contributed by atoms with Crippen LogP contribution in [0.25, 0.3) is 0 Å². The van der Waals surface area contributed by atoms with Crippen molar-refractivity contribution < 1.29 is 43.2 Å². The van der Waals surface area contributed by atoms with E-state index in [1.165, 1.54) is 14.2 Å². The fourth-order valence-corrected chi connectivity index (χ4v) is 7.63. The summed E-state index contributed by atoms with van der Waals surface area (Å²) in [6.07, 6.45) is -0.529. The molecule has 0 aromatic heterocycles. The summed E-state index contributed by atoms with van der Waals surface area (Å²) in [6, 6.07) is 14.9. The molecule has 2 N–H and O–H groups in total. The summed E-state index contributed by atoms with van der Waals surface area (Å²) in [5.74, 6) is -1.58. The van der Waals surface area contributed by atoms with Crippen LogP contribution in [-0.2, 0) is 46.3 Å². The van der Waals surface area contributed by atoms with Gasteiger partial charge in [-0.1, -0.05) is 68.8 Å². The number of hydrogen-bond donors (Lipinski definition) is 2. The van der Waals surface area contributed by atoms with Gasteiger partial charge in [0, 0.05) is 36.8 Å². The van der Waals surface area contributed by atoms with Gasteiger partial charge in [-0.2, -0.15) is 0 Å². The number of carbonyl (C=O) groups excluding carboxylic acids is 3. The molecule has 3 fully saturated rings. The predicted octanol–water partition coefficient (Wildman–Crippen LogP) is 4.57. The number of esters is 2. The Balaban J connectivity index is 1.36. The first kappa shape index (κ1) is 37.0. The van der Waals surface area contributed by atoms with Gasteiger partial charge >= 0.3 is 11.9 Å². The van der Waals surface area contributed by atoms with Gasteiger partial charge in [0.25, 0.3) is 0 Å². The number of nitrogens with one attached hydrogen (secondary N) is 1. The van der Waals surface area contributed by atoms with E-state index in [0.717, 1.165) is 17.5 Å². The topological polar surface area (TPSA) is 133 Å². The summed E-state index contributed by atoms with van der Waals surface area (Å²) in [5.41, 5.74) is 4.14. The van der Waals surface area contributed by atoms with Crippen molar-refractivity contribution in [1.82, 2.24) is 10.4 Å². The maximum absolute atomic E-state index is 13.7. The lowest BCUT2D eigenvalue weighted by molar-refractivity contribution is -0.178. The van der Waals surface area contributed by atoms with E-state index in [9.17, 15) is 19.5 Å². The van der Waals surface area contributed by atoms with Gasteiger partial charge < -0.3 is 28.8 Å². The maximum Gasteiger partial charge on any atom is 0.306 e. The predicted molar refractivity (Wildman–Crippen MR) is 181 cm³/mol. The Bertz CT molecular complexity index is 1450. The molecule has 12 heteroatoms. The molecule has 0 spiro atoms. The zero-order valence-electron chi connectivity index (χ0n) is 28.9. The number of halogens is 1. The number of rotatable bonds is 15. The van der Waals surface area contributed by atoms with Crippen molar-refractivity contribution in [2.45, 2.75) is 71.5 Å². The monoisotopic (exact) mass is 700 g/mol. The second kappa shape index (κ2) is 16.2. The van der Waals surface area contributed by atoms with Crippen molar-refractivity contribution in [3.8, 4) is 5.75 Å². The Morgan fingerprint density at radius 1 is 1.00 bits per heavy atom. The van der Waals surface area contributed by atoms with Crippen molar-refractivity contribution in [2.75, 3.05) is 34.0 Å². The van der Waals surface area contributed by atoms with Gasteiger partial charge in [0.2, 0.25) is 5.91 Å². The average Bonchev–Trinajstić information content (AvgIpc) is 3.59. The van der Waals surface area contributed by atoms with Gasteiger partial charge in [-0.15, -0.1) is 0 Å². The fourth-order valence-electron chi connectivity index (χ4n) is 7.35. The van der Waals surface area contributed by atoms with Gasteiger partial charge in [-0.05, 0) is 41.5 Å². The van der Waals surface area contributed by atoms with Gasteiger partial charge in [0.05, 0.1) is 57.3 Å². The summed E-state index contributed by atoms with van der Waals surface area (Å²) >= 11 is 6.45. The van der Waals surface area contributed by atoms with E-state index in [1.807, 2.05) is 57.2 Å². The lowest BCUT2D eigenvalue weighted by atomic mass is 9.78. The molecule has 1 aliphatic carbocycles. The normalized spacial score (nSPS) is 24.6. The fraction of sp³-hybridized carbons (Fsp3) is 0.595. The molecule has 3 aliphatic rings. The molecule has 2 aromatic carbocycles. The molecule has 2 aliphatic heterocycles. The second-order valence-electron chi connectivity index (χ2n) is 14.6. The van der Waals surface area contributed by atoms with Gasteiger partial charge in [0.1, 0.15) is 11.9 Å². The van der Waals surface area contributed by atoms with Crippen LogP contribution in [0.2, 0.25) is 5.02 Å². The number of methoxy groups -OCH3 is 2. The van der Waals surface area contributed by atoms with E-state index in [0.29, 0.717) is 30.4 Å². The van der Waals surface area contributed by atoms with E-state index in [2.05, 4.69) is 5.43 Å². The third kappa shape index (κ3) is 9.32. The number of carbonyl (C=O) groups is 3. The first-order valence-electron chi connectivity index (χ1n) is 17.0. The van der Waals surface area contributed by atoms with Crippen molar-refractivity contribution in [2.24, 2.45) is 35.0 Å². The summed E-state index contributed by atoms with van der Waals surface area (Å²) in [7, 11) is 2.83. The lowest BCUT2D eigenvalue weighted by Crippen LogP contribution is -2.51. The Hall–Kier alpha value is -3.22. The summed E-state index contributed by atoms with van der Waals surface area (Å²) in [5, 5.41) is 13.9. The van der Waals surface area contributed by atoms with Crippen molar-refractivity contribution in [1.29, 1.82) is 0 Å². The number of benzene rings is 2. The minimum Gasteiger partial charge on any atom is -0.495 e. The zero-order chi connectivity index (χ0) is 35.3. The average molecular weight is 701 g/mol. The maximum atomic E-state index is 13.7. The molecule has 2 aromatic rings. The Morgan fingerprint density at radius 2 is 1.73 bits per heavy atom. The highest BCUT2D eigenvalue weighted by Crippen LogP contribution is 2.49. The van der Waals surface area contributed by atoms with E-state index in [1.54, 1.807) is 17.1 Å². The lowest BCUT2D eigenvalue weighted by Gasteiger charge is -2.34. The Labute approximate surface area is 293 Å². The number of amides is 1. The zero-order valence-corrected chi connectivity index (χ0v) is 29.7. The van der Waals surface area contributed by atoms with Crippen LogP contribution < -0.4 is 10.2 Å². The molecular weight excluding hydrogens is 652 g/mol. The van der Waals surface area contributed by atoms with E-state index >= 15 is 0 Å². The van der Waals surface area contributed by atoms with E-state index in [4.69, 9.17) is 35.3 Å². The van der Waals surface area contributed by atoms with Crippen LogP contribution in [-0.4, -0.2) is 80.4 Å². The molecule has 11 nitrogen and oxygen atoms in total. The molecule has 2 heterocycles. The van der Waals surface area contributed by atoms with Crippen LogP contribution in [0.4, 0.5) is 0 Å². The first-order chi connectivity index (χ1) is 23.4. The molecule has 0 radical (unpaired) electrons. The van der Waals surface area contributed by atoms with E-state index < -0.39 is 35.3 Å². The summed E-state index contributed by atoms with van der Waals surface area (Å²) in [6.45, 7) is 6.93. The number of fused-ring (bicyclic) bond motifs is 1. The van der Waals surface area contributed by atoms with E-state index in [-0.39, 0.29) is 62.0 Å². The molecule has 1 amide bonds. The summed E-state index contributed by atoms with van der Waals surface area (Å²) in [4.78, 5) is 39.6. The van der Waals surface area contributed by atoms with Crippen molar-refractivity contribution in [3.05, 3.63) is 64.7 Å². The molecule has 268 valence electrons. The quantitative estimate of drug-likeness (QED) is 0.201. The van der Waals surface area contributed by atoms with Crippen LogP contribution >= 0.6 is 11.6 Å². The van der Waals surface area contributed by atoms with Crippen molar-refractivity contribution >= 4 is 29.4 Å². The molecule has 8 atom stereocenters. The molecule has 1 saturated carbocycles. The minimum atomic E-state index is -1.07. The highest BCUT2D eigenvalue weighted by atomic mass is 35.5. The Morgan fingerprint density at radius 3 is 2.41 bits per heavy atom. The summed E-state index contributed by atoms with van der Waals surface area (Å²) < 4.78 is 28.0. The molecule has 2 bridgehead atoms.